The lowest BCUT2D eigenvalue weighted by Gasteiger charge is -2.27. The molecule has 3 rings (SSSR count). The summed E-state index contributed by atoms with van der Waals surface area (Å²) in [6.07, 6.45) is 0.756. The van der Waals surface area contributed by atoms with Crippen molar-refractivity contribution in [3.8, 4) is 11.1 Å². The van der Waals surface area contributed by atoms with E-state index in [1.807, 2.05) is 24.3 Å². The molecule has 2 unspecified atom stereocenters. The molecule has 0 aliphatic rings. The van der Waals surface area contributed by atoms with Gasteiger partial charge in [0.1, 0.15) is 6.04 Å². The van der Waals surface area contributed by atoms with Gasteiger partial charge in [-0.05, 0) is 66.8 Å². The average Bonchev–Trinajstić information content (AvgIpc) is 2.84. The number of halogens is 1. The second-order valence-electron chi connectivity index (χ2n) is 7.67. The van der Waals surface area contributed by atoms with Gasteiger partial charge in [0.15, 0.2) is 0 Å². The molecule has 0 aromatic heterocycles. The molecule has 0 amide bonds. The summed E-state index contributed by atoms with van der Waals surface area (Å²) >= 11 is 0.816. The molecule has 0 saturated carbocycles. The fourth-order valence-electron chi connectivity index (χ4n) is 3.52. The third-order valence-corrected chi connectivity index (χ3v) is 8.09. The Bertz CT molecular complexity index is 1250. The monoisotopic (exact) mass is 580 g/mol. The van der Waals surface area contributed by atoms with Crippen LogP contribution in [0.2, 0.25) is 0 Å². The van der Waals surface area contributed by atoms with Gasteiger partial charge in [0.2, 0.25) is 10.0 Å². The summed E-state index contributed by atoms with van der Waals surface area (Å²) in [7, 11) is -3.65. The van der Waals surface area contributed by atoms with E-state index in [-0.39, 0.29) is 17.9 Å². The smallest absolute Gasteiger partial charge is 0.327 e. The van der Waals surface area contributed by atoms with E-state index in [2.05, 4.69) is 20.7 Å². The van der Waals surface area contributed by atoms with E-state index < -0.39 is 33.3 Å². The first-order valence-electron chi connectivity index (χ1n) is 10.7. The van der Waals surface area contributed by atoms with Crippen LogP contribution >= 0.6 is 15.9 Å². The first-order chi connectivity index (χ1) is 16.7. The van der Waals surface area contributed by atoms with Gasteiger partial charge in [0.05, 0.1) is 10.6 Å². The molecule has 0 heterocycles. The van der Waals surface area contributed by atoms with Crippen molar-refractivity contribution in [3.05, 3.63) is 83.3 Å². The van der Waals surface area contributed by atoms with E-state index in [9.17, 15) is 27.1 Å². The Morgan fingerprint density at radius 2 is 1.51 bits per heavy atom. The maximum atomic E-state index is 12.3. The first-order valence-corrected chi connectivity index (χ1v) is 14.1. The largest absolute Gasteiger partial charge is 0.480 e. The first kappa shape index (κ1) is 27.0. The molecule has 0 aliphatic heterocycles. The Morgan fingerprint density at radius 3 is 2.06 bits per heavy atom. The zero-order valence-corrected chi connectivity index (χ0v) is 21.8. The predicted molar refractivity (Wildman–Crippen MR) is 140 cm³/mol. The topological polar surface area (TPSA) is 124 Å². The number of carbonyl (C=O) groups is 1. The van der Waals surface area contributed by atoms with Crippen molar-refractivity contribution in [2.45, 2.75) is 30.2 Å². The minimum atomic E-state index is -3.65. The number of carboxylic acid groups (broad SMARTS) is 1. The Hall–Kier alpha value is -2.57. The summed E-state index contributed by atoms with van der Waals surface area (Å²) in [5, 5.41) is 9.74. The van der Waals surface area contributed by atoms with Crippen LogP contribution in [-0.4, -0.2) is 40.8 Å². The summed E-state index contributed by atoms with van der Waals surface area (Å²) < 4.78 is 50.9. The van der Waals surface area contributed by atoms with Crippen molar-refractivity contribution in [3.63, 3.8) is 0 Å². The maximum absolute atomic E-state index is 12.3. The van der Waals surface area contributed by atoms with Crippen molar-refractivity contribution in [2.75, 3.05) is 10.8 Å². The fourth-order valence-corrected chi connectivity index (χ4v) is 5.59. The zero-order valence-electron chi connectivity index (χ0n) is 18.6. The molecule has 0 saturated heterocycles. The lowest BCUT2D eigenvalue weighted by atomic mass is 10.0. The summed E-state index contributed by atoms with van der Waals surface area (Å²) in [5.41, 5.74) is 2.12. The van der Waals surface area contributed by atoms with Gasteiger partial charge < -0.3 is 5.11 Å². The SMILES string of the molecule is O=C(O)C(CCCCNS(=O)(=O)c1ccccc1)N(c1ccc(-c2ccc(Br)cc2)cc1)S(=O)O. The second kappa shape index (κ2) is 12.4. The molecule has 11 heteroatoms. The van der Waals surface area contributed by atoms with Gasteiger partial charge in [-0.1, -0.05) is 58.4 Å². The van der Waals surface area contributed by atoms with Crippen LogP contribution in [-0.2, 0) is 26.1 Å². The molecule has 0 spiro atoms. The molecule has 3 aromatic rings. The lowest BCUT2D eigenvalue weighted by molar-refractivity contribution is -0.138. The van der Waals surface area contributed by atoms with E-state index in [4.69, 9.17) is 0 Å². The van der Waals surface area contributed by atoms with Gasteiger partial charge in [0.25, 0.3) is 11.3 Å². The Labute approximate surface area is 215 Å². The molecule has 0 radical (unpaired) electrons. The van der Waals surface area contributed by atoms with E-state index in [1.54, 1.807) is 42.5 Å². The number of sulfonamides is 1. The van der Waals surface area contributed by atoms with E-state index in [1.165, 1.54) is 12.1 Å². The van der Waals surface area contributed by atoms with Crippen molar-refractivity contribution in [1.29, 1.82) is 0 Å². The maximum Gasteiger partial charge on any atom is 0.327 e. The van der Waals surface area contributed by atoms with E-state index >= 15 is 0 Å². The van der Waals surface area contributed by atoms with E-state index in [0.717, 1.165) is 19.9 Å². The number of nitrogens with zero attached hydrogens (tertiary/aromatic N) is 1. The number of unbranched alkanes of at least 4 members (excludes halogenated alkanes) is 1. The minimum Gasteiger partial charge on any atom is -0.480 e. The highest BCUT2D eigenvalue weighted by molar-refractivity contribution is 9.10. The number of benzene rings is 3. The Morgan fingerprint density at radius 1 is 0.943 bits per heavy atom. The molecule has 2 atom stereocenters. The quantitative estimate of drug-likeness (QED) is 0.211. The molecule has 3 aromatic carbocycles. The molecule has 186 valence electrons. The number of anilines is 1. The number of hydrogen-bond acceptors (Lipinski definition) is 4. The lowest BCUT2D eigenvalue weighted by Crippen LogP contribution is -2.42. The highest BCUT2D eigenvalue weighted by Crippen LogP contribution is 2.27. The zero-order chi connectivity index (χ0) is 25.4. The molecule has 0 aliphatic carbocycles. The summed E-state index contributed by atoms with van der Waals surface area (Å²) in [4.78, 5) is 12.1. The third kappa shape index (κ3) is 7.45. The van der Waals surface area contributed by atoms with Crippen LogP contribution in [0.3, 0.4) is 0 Å². The molecule has 0 bridgehead atoms. The van der Waals surface area contributed by atoms with Gasteiger partial charge in [-0.15, -0.1) is 0 Å². The number of carboxylic acids is 1. The number of aliphatic carboxylic acids is 1. The second-order valence-corrected chi connectivity index (χ2v) is 11.2. The minimum absolute atomic E-state index is 0.0587. The highest BCUT2D eigenvalue weighted by atomic mass is 79.9. The standard InChI is InChI=1S/C24H25BrN2O6S2/c25-20-13-9-18(10-14-20)19-11-15-21(16-12-19)27(34(30)31)23(24(28)29)8-4-5-17-26-35(32,33)22-6-2-1-3-7-22/h1-3,6-7,9-16,23,26H,4-5,8,17H2,(H,28,29)(H,30,31). The fraction of sp³-hybridized carbons (Fsp3) is 0.208. The average molecular weight is 582 g/mol. The Kier molecular flexibility index (Phi) is 9.58. The van der Waals surface area contributed by atoms with Gasteiger partial charge in [-0.25, -0.2) is 22.1 Å². The van der Waals surface area contributed by atoms with Crippen LogP contribution in [0.5, 0.6) is 0 Å². The van der Waals surface area contributed by atoms with Gasteiger partial charge in [-0.2, -0.15) is 0 Å². The predicted octanol–water partition coefficient (Wildman–Crippen LogP) is 4.66. The molecular formula is C24H25BrN2O6S2. The number of nitrogens with one attached hydrogen (secondary N) is 1. The van der Waals surface area contributed by atoms with Crippen LogP contribution in [0, 0.1) is 0 Å². The summed E-state index contributed by atoms with van der Waals surface area (Å²) in [5.74, 6) is -1.24. The van der Waals surface area contributed by atoms with Crippen LogP contribution in [0.15, 0.2) is 88.2 Å². The molecular weight excluding hydrogens is 556 g/mol. The van der Waals surface area contributed by atoms with Crippen molar-refractivity contribution >= 4 is 48.9 Å². The third-order valence-electron chi connectivity index (χ3n) is 5.29. The highest BCUT2D eigenvalue weighted by Gasteiger charge is 2.29. The van der Waals surface area contributed by atoms with Crippen LogP contribution in [0.4, 0.5) is 5.69 Å². The molecule has 3 N–H and O–H groups in total. The van der Waals surface area contributed by atoms with Crippen LogP contribution in [0.1, 0.15) is 19.3 Å². The summed E-state index contributed by atoms with van der Waals surface area (Å²) in [6.45, 7) is 0.119. The van der Waals surface area contributed by atoms with Gasteiger partial charge in [-0.3, -0.25) is 8.86 Å². The van der Waals surface area contributed by atoms with Crippen molar-refractivity contribution in [1.82, 2.24) is 4.72 Å². The van der Waals surface area contributed by atoms with Crippen LogP contribution in [0.25, 0.3) is 11.1 Å². The normalized spacial score (nSPS) is 13.2. The molecule has 0 fully saturated rings. The summed E-state index contributed by atoms with van der Waals surface area (Å²) in [6, 6.07) is 21.1. The van der Waals surface area contributed by atoms with Crippen molar-refractivity contribution in [2.24, 2.45) is 0 Å². The molecule has 35 heavy (non-hydrogen) atoms. The van der Waals surface area contributed by atoms with Gasteiger partial charge >= 0.3 is 5.97 Å². The van der Waals surface area contributed by atoms with E-state index in [0.29, 0.717) is 18.5 Å². The Balaban J connectivity index is 1.64. The van der Waals surface area contributed by atoms with Crippen LogP contribution < -0.4 is 9.03 Å². The van der Waals surface area contributed by atoms with Crippen molar-refractivity contribution < 1.29 is 27.1 Å². The number of hydrogen-bond donors (Lipinski definition) is 3. The van der Waals surface area contributed by atoms with Gasteiger partial charge in [0, 0.05) is 11.0 Å². The number of rotatable bonds is 12. The molecule has 8 nitrogen and oxygen atoms in total.